The Morgan fingerprint density at radius 2 is 2.00 bits per heavy atom. The average Bonchev–Trinajstić information content (AvgIpc) is 2.04. The summed E-state index contributed by atoms with van der Waals surface area (Å²) in [6.45, 7) is 4.30. The maximum absolute atomic E-state index is 8.52. The van der Waals surface area contributed by atoms with Crippen LogP contribution in [-0.2, 0) is 0 Å². The highest BCUT2D eigenvalue weighted by Crippen LogP contribution is 2.09. The van der Waals surface area contributed by atoms with Crippen LogP contribution in [0.5, 0.6) is 0 Å². The standard InChI is InChI=1S/C9H18N2S/c1-8(5-6-10)11(3)9(2)7-12-4/h8-9H,5,7H2,1-4H3. The van der Waals surface area contributed by atoms with Gasteiger partial charge in [0.15, 0.2) is 0 Å². The van der Waals surface area contributed by atoms with Crippen molar-refractivity contribution in [1.29, 1.82) is 5.26 Å². The van der Waals surface area contributed by atoms with E-state index < -0.39 is 0 Å². The number of rotatable bonds is 5. The van der Waals surface area contributed by atoms with Crippen LogP contribution in [0, 0.1) is 11.3 Å². The third-order valence-corrected chi connectivity index (χ3v) is 3.00. The summed E-state index contributed by atoms with van der Waals surface area (Å²) in [6, 6.07) is 3.13. The number of hydrogen-bond acceptors (Lipinski definition) is 3. The third-order valence-electron chi connectivity index (χ3n) is 2.19. The molecule has 0 aliphatic heterocycles. The summed E-state index contributed by atoms with van der Waals surface area (Å²) in [5, 5.41) is 8.52. The second-order valence-electron chi connectivity index (χ2n) is 3.18. The number of nitrogens with zero attached hydrogens (tertiary/aromatic N) is 2. The van der Waals surface area contributed by atoms with Gasteiger partial charge in [-0.05, 0) is 27.2 Å². The molecule has 0 aromatic carbocycles. The molecule has 0 amide bonds. The Labute approximate surface area is 79.9 Å². The van der Waals surface area contributed by atoms with Gasteiger partial charge >= 0.3 is 0 Å². The summed E-state index contributed by atoms with van der Waals surface area (Å²) in [4.78, 5) is 2.26. The van der Waals surface area contributed by atoms with Crippen LogP contribution >= 0.6 is 11.8 Å². The molecular weight excluding hydrogens is 168 g/mol. The van der Waals surface area contributed by atoms with E-state index in [2.05, 4.69) is 38.1 Å². The van der Waals surface area contributed by atoms with E-state index >= 15 is 0 Å². The second-order valence-corrected chi connectivity index (χ2v) is 4.09. The van der Waals surface area contributed by atoms with Crippen LogP contribution in [0.4, 0.5) is 0 Å². The van der Waals surface area contributed by atoms with Gasteiger partial charge in [-0.2, -0.15) is 17.0 Å². The van der Waals surface area contributed by atoms with Crippen LogP contribution in [0.15, 0.2) is 0 Å². The van der Waals surface area contributed by atoms with Gasteiger partial charge in [0.05, 0.1) is 12.5 Å². The van der Waals surface area contributed by atoms with Crippen LogP contribution < -0.4 is 0 Å². The van der Waals surface area contributed by atoms with Crippen molar-refractivity contribution in [3.63, 3.8) is 0 Å². The molecule has 0 saturated carbocycles. The van der Waals surface area contributed by atoms with Crippen LogP contribution in [0.25, 0.3) is 0 Å². The number of thioether (sulfide) groups is 1. The van der Waals surface area contributed by atoms with Crippen LogP contribution in [0.1, 0.15) is 20.3 Å². The Bertz CT molecular complexity index is 153. The summed E-state index contributed by atoms with van der Waals surface area (Å²) >= 11 is 1.85. The maximum atomic E-state index is 8.52. The first-order valence-electron chi connectivity index (χ1n) is 4.21. The van der Waals surface area contributed by atoms with Gasteiger partial charge in [0.25, 0.3) is 0 Å². The normalized spacial score (nSPS) is 15.7. The topological polar surface area (TPSA) is 27.0 Å². The first-order chi connectivity index (χ1) is 5.63. The minimum atomic E-state index is 0.372. The summed E-state index contributed by atoms with van der Waals surface area (Å²) < 4.78 is 0. The van der Waals surface area contributed by atoms with Crippen LogP contribution in [0.3, 0.4) is 0 Å². The lowest BCUT2D eigenvalue weighted by Gasteiger charge is -2.28. The predicted octanol–water partition coefficient (Wildman–Crippen LogP) is 1.97. The molecule has 0 aliphatic carbocycles. The number of hydrogen-bond donors (Lipinski definition) is 0. The van der Waals surface area contributed by atoms with Crippen molar-refractivity contribution in [2.45, 2.75) is 32.4 Å². The van der Waals surface area contributed by atoms with Gasteiger partial charge in [-0.3, -0.25) is 4.90 Å². The molecule has 0 N–H and O–H groups in total. The Morgan fingerprint density at radius 3 is 2.42 bits per heavy atom. The fourth-order valence-corrected chi connectivity index (χ4v) is 1.79. The highest BCUT2D eigenvalue weighted by molar-refractivity contribution is 7.98. The SMILES string of the molecule is CSCC(C)N(C)C(C)CC#N. The predicted molar refractivity (Wildman–Crippen MR) is 55.3 cm³/mol. The molecule has 0 saturated heterocycles. The van der Waals surface area contributed by atoms with E-state index in [1.807, 2.05) is 11.8 Å². The van der Waals surface area contributed by atoms with Gasteiger partial charge in [0, 0.05) is 17.8 Å². The first kappa shape index (κ1) is 11.8. The molecule has 12 heavy (non-hydrogen) atoms. The summed E-state index contributed by atoms with van der Waals surface area (Å²) in [5.41, 5.74) is 0. The van der Waals surface area contributed by atoms with Crippen LogP contribution in [0.2, 0.25) is 0 Å². The lowest BCUT2D eigenvalue weighted by atomic mass is 10.2. The molecule has 3 heteroatoms. The highest BCUT2D eigenvalue weighted by atomic mass is 32.2. The second kappa shape index (κ2) is 6.33. The van der Waals surface area contributed by atoms with Crippen molar-refractivity contribution in [2.24, 2.45) is 0 Å². The molecule has 2 unspecified atom stereocenters. The minimum absolute atomic E-state index is 0.372. The van der Waals surface area contributed by atoms with Gasteiger partial charge in [-0.25, -0.2) is 0 Å². The average molecular weight is 186 g/mol. The maximum Gasteiger partial charge on any atom is 0.0638 e. The molecule has 0 radical (unpaired) electrons. The largest absolute Gasteiger partial charge is 0.299 e. The molecule has 2 atom stereocenters. The molecule has 0 fully saturated rings. The van der Waals surface area contributed by atoms with E-state index in [1.54, 1.807) is 0 Å². The lowest BCUT2D eigenvalue weighted by Crippen LogP contribution is -2.38. The molecule has 0 heterocycles. The van der Waals surface area contributed by atoms with Gasteiger partial charge < -0.3 is 0 Å². The lowest BCUT2D eigenvalue weighted by molar-refractivity contribution is 0.214. The molecule has 0 rings (SSSR count). The van der Waals surface area contributed by atoms with E-state index in [0.29, 0.717) is 18.5 Å². The molecule has 0 bridgehead atoms. The minimum Gasteiger partial charge on any atom is -0.299 e. The molecular formula is C9H18N2S. The van der Waals surface area contributed by atoms with E-state index in [4.69, 9.17) is 5.26 Å². The van der Waals surface area contributed by atoms with Crippen LogP contribution in [-0.4, -0.2) is 36.0 Å². The zero-order valence-electron chi connectivity index (χ0n) is 8.37. The van der Waals surface area contributed by atoms with E-state index in [9.17, 15) is 0 Å². The Kier molecular flexibility index (Phi) is 6.23. The molecule has 2 nitrogen and oxygen atoms in total. The van der Waals surface area contributed by atoms with Crippen molar-refractivity contribution in [2.75, 3.05) is 19.1 Å². The molecule has 0 spiro atoms. The monoisotopic (exact) mass is 186 g/mol. The van der Waals surface area contributed by atoms with Gasteiger partial charge in [-0.1, -0.05) is 0 Å². The van der Waals surface area contributed by atoms with Crippen molar-refractivity contribution in [1.82, 2.24) is 4.90 Å². The zero-order valence-corrected chi connectivity index (χ0v) is 9.19. The summed E-state index contributed by atoms with van der Waals surface area (Å²) in [6.07, 6.45) is 2.73. The van der Waals surface area contributed by atoms with Gasteiger partial charge in [-0.15, -0.1) is 0 Å². The molecule has 0 aromatic rings. The zero-order chi connectivity index (χ0) is 9.56. The highest BCUT2D eigenvalue weighted by Gasteiger charge is 2.14. The van der Waals surface area contributed by atoms with Gasteiger partial charge in [0.2, 0.25) is 0 Å². The first-order valence-corrected chi connectivity index (χ1v) is 5.60. The Hall–Kier alpha value is -0.200. The number of nitriles is 1. The Balaban J connectivity index is 3.83. The third kappa shape index (κ3) is 3.99. The molecule has 0 aliphatic rings. The molecule has 0 aromatic heterocycles. The summed E-state index contributed by atoms with van der Waals surface area (Å²) in [7, 11) is 2.09. The van der Waals surface area contributed by atoms with Crippen molar-refractivity contribution >= 4 is 11.8 Å². The van der Waals surface area contributed by atoms with Crippen molar-refractivity contribution < 1.29 is 0 Å². The van der Waals surface area contributed by atoms with E-state index in [0.717, 1.165) is 5.75 Å². The van der Waals surface area contributed by atoms with E-state index in [-0.39, 0.29) is 0 Å². The Morgan fingerprint density at radius 1 is 1.42 bits per heavy atom. The summed E-state index contributed by atoms with van der Waals surface area (Å²) in [5.74, 6) is 1.13. The fourth-order valence-electron chi connectivity index (χ4n) is 1.07. The smallest absolute Gasteiger partial charge is 0.0638 e. The fraction of sp³-hybridized carbons (Fsp3) is 0.889. The van der Waals surface area contributed by atoms with E-state index in [1.165, 1.54) is 0 Å². The van der Waals surface area contributed by atoms with Crippen molar-refractivity contribution in [3.05, 3.63) is 0 Å². The molecule has 70 valence electrons. The van der Waals surface area contributed by atoms with Crippen molar-refractivity contribution in [3.8, 4) is 6.07 Å². The van der Waals surface area contributed by atoms with Gasteiger partial charge in [0.1, 0.15) is 0 Å². The quantitative estimate of drug-likeness (QED) is 0.657.